The number of benzene rings is 2. The van der Waals surface area contributed by atoms with Crippen molar-refractivity contribution in [2.45, 2.75) is 13.8 Å². The number of carbonyl (C=O) groups excluding carboxylic acids is 1. The molecule has 0 atom stereocenters. The molecule has 0 saturated heterocycles. The summed E-state index contributed by atoms with van der Waals surface area (Å²) in [7, 11) is 0. The van der Waals surface area contributed by atoms with E-state index >= 15 is 0 Å². The number of hydrogen-bond donors (Lipinski definition) is 0. The molecule has 0 aliphatic rings. The number of aldehydes is 1. The molecule has 0 saturated carbocycles. The van der Waals surface area contributed by atoms with E-state index in [9.17, 15) is 4.79 Å². The molecule has 0 radical (unpaired) electrons. The van der Waals surface area contributed by atoms with Crippen molar-refractivity contribution in [2.75, 3.05) is 0 Å². The predicted octanol–water partition coefficient (Wildman–Crippen LogP) is 4.39. The Kier molecular flexibility index (Phi) is 3.81. The smallest absolute Gasteiger partial charge is 0.150 e. The van der Waals surface area contributed by atoms with E-state index in [0.29, 0.717) is 11.3 Å². The first-order valence-corrected chi connectivity index (χ1v) is 6.09. The van der Waals surface area contributed by atoms with Crippen molar-refractivity contribution >= 4 is 6.29 Å². The fourth-order valence-electron chi connectivity index (χ4n) is 1.99. The fraction of sp³-hybridized carbons (Fsp3) is 0.118. The highest BCUT2D eigenvalue weighted by Crippen LogP contribution is 2.26. The highest BCUT2D eigenvalue weighted by Gasteiger charge is 2.03. The second kappa shape index (κ2) is 5.53. The third kappa shape index (κ3) is 3.32. The Labute approximate surface area is 113 Å². The standard InChI is InChI=1S/C17H16O2/c1-12(2)19-17-6-4-5-15(10-17)16-8-13(3)7-14(9-16)11-18/h4-11H,1H2,2-3H3. The van der Waals surface area contributed by atoms with Crippen molar-refractivity contribution in [3.8, 4) is 16.9 Å². The molecule has 0 aliphatic heterocycles. The third-order valence-electron chi connectivity index (χ3n) is 2.70. The van der Waals surface area contributed by atoms with E-state index in [1.165, 1.54) is 0 Å². The van der Waals surface area contributed by atoms with Gasteiger partial charge in [0.15, 0.2) is 0 Å². The summed E-state index contributed by atoms with van der Waals surface area (Å²) in [6.45, 7) is 7.51. The highest BCUT2D eigenvalue weighted by molar-refractivity contribution is 5.79. The molecule has 0 fully saturated rings. The Hall–Kier alpha value is -2.35. The van der Waals surface area contributed by atoms with Crippen LogP contribution in [0.4, 0.5) is 0 Å². The Morgan fingerprint density at radius 3 is 2.63 bits per heavy atom. The quantitative estimate of drug-likeness (QED) is 0.596. The Morgan fingerprint density at radius 2 is 1.95 bits per heavy atom. The number of ether oxygens (including phenoxy) is 1. The van der Waals surface area contributed by atoms with Gasteiger partial charge in [-0.25, -0.2) is 0 Å². The maximum atomic E-state index is 10.9. The Bertz CT molecular complexity index is 627. The minimum atomic E-state index is 0.648. The Balaban J connectivity index is 2.43. The van der Waals surface area contributed by atoms with Gasteiger partial charge in [0.1, 0.15) is 12.0 Å². The molecular weight excluding hydrogens is 236 g/mol. The van der Waals surface area contributed by atoms with Crippen LogP contribution in [0.2, 0.25) is 0 Å². The first-order chi connectivity index (χ1) is 9.08. The van der Waals surface area contributed by atoms with E-state index in [2.05, 4.69) is 6.58 Å². The minimum absolute atomic E-state index is 0.648. The second-order valence-corrected chi connectivity index (χ2v) is 4.58. The van der Waals surface area contributed by atoms with Crippen molar-refractivity contribution in [3.63, 3.8) is 0 Å². The molecule has 0 N–H and O–H groups in total. The van der Waals surface area contributed by atoms with E-state index in [-0.39, 0.29) is 0 Å². The zero-order valence-corrected chi connectivity index (χ0v) is 11.1. The average Bonchev–Trinajstić information content (AvgIpc) is 2.37. The monoisotopic (exact) mass is 252 g/mol. The molecule has 19 heavy (non-hydrogen) atoms. The van der Waals surface area contributed by atoms with Gasteiger partial charge < -0.3 is 4.74 Å². The SMILES string of the molecule is C=C(C)Oc1cccc(-c2cc(C)cc(C=O)c2)c1. The lowest BCUT2D eigenvalue weighted by atomic mass is 10.0. The summed E-state index contributed by atoms with van der Waals surface area (Å²) >= 11 is 0. The zero-order chi connectivity index (χ0) is 13.8. The van der Waals surface area contributed by atoms with Gasteiger partial charge >= 0.3 is 0 Å². The van der Waals surface area contributed by atoms with Gasteiger partial charge in [0.25, 0.3) is 0 Å². The molecule has 0 bridgehead atoms. The molecule has 0 aliphatic carbocycles. The topological polar surface area (TPSA) is 26.3 Å². The van der Waals surface area contributed by atoms with E-state index in [1.54, 1.807) is 0 Å². The summed E-state index contributed by atoms with van der Waals surface area (Å²) in [5, 5.41) is 0. The van der Waals surface area contributed by atoms with E-state index in [4.69, 9.17) is 4.74 Å². The first-order valence-electron chi connectivity index (χ1n) is 6.09. The molecular formula is C17H16O2. The summed E-state index contributed by atoms with van der Waals surface area (Å²) in [6, 6.07) is 13.5. The van der Waals surface area contributed by atoms with Crippen LogP contribution < -0.4 is 4.74 Å². The van der Waals surface area contributed by atoms with Crippen LogP contribution in [0, 0.1) is 6.92 Å². The summed E-state index contributed by atoms with van der Waals surface area (Å²) in [5.74, 6) is 1.40. The zero-order valence-electron chi connectivity index (χ0n) is 11.1. The molecule has 2 rings (SSSR count). The molecule has 2 nitrogen and oxygen atoms in total. The van der Waals surface area contributed by atoms with Crippen LogP contribution in [-0.2, 0) is 0 Å². The van der Waals surface area contributed by atoms with Crippen molar-refractivity contribution in [1.29, 1.82) is 0 Å². The molecule has 2 aromatic carbocycles. The molecule has 0 heterocycles. The van der Waals surface area contributed by atoms with Gasteiger partial charge in [-0.05, 0) is 54.8 Å². The van der Waals surface area contributed by atoms with Gasteiger partial charge in [-0.3, -0.25) is 4.79 Å². The number of hydrogen-bond acceptors (Lipinski definition) is 2. The van der Waals surface area contributed by atoms with Crippen LogP contribution in [0.25, 0.3) is 11.1 Å². The molecule has 0 unspecified atom stereocenters. The second-order valence-electron chi connectivity index (χ2n) is 4.58. The summed E-state index contributed by atoms with van der Waals surface area (Å²) in [4.78, 5) is 10.9. The van der Waals surface area contributed by atoms with Crippen molar-refractivity contribution in [1.82, 2.24) is 0 Å². The van der Waals surface area contributed by atoms with Gasteiger partial charge in [0, 0.05) is 5.56 Å². The maximum Gasteiger partial charge on any atom is 0.150 e. The Morgan fingerprint density at radius 1 is 1.16 bits per heavy atom. The lowest BCUT2D eigenvalue weighted by Gasteiger charge is -2.08. The summed E-state index contributed by atoms with van der Waals surface area (Å²) < 4.78 is 5.50. The van der Waals surface area contributed by atoms with E-state index < -0.39 is 0 Å². The molecule has 2 aromatic rings. The predicted molar refractivity (Wildman–Crippen MR) is 77.4 cm³/mol. The number of aryl methyl sites for hydroxylation is 1. The van der Waals surface area contributed by atoms with E-state index in [1.807, 2.05) is 56.3 Å². The van der Waals surface area contributed by atoms with Crippen LogP contribution in [0.15, 0.2) is 54.8 Å². The van der Waals surface area contributed by atoms with Crippen molar-refractivity contribution in [3.05, 3.63) is 65.9 Å². The lowest BCUT2D eigenvalue weighted by molar-refractivity contribution is 0.112. The van der Waals surface area contributed by atoms with Crippen molar-refractivity contribution in [2.24, 2.45) is 0 Å². The third-order valence-corrected chi connectivity index (χ3v) is 2.70. The number of rotatable bonds is 4. The van der Waals surface area contributed by atoms with Gasteiger partial charge in [-0.1, -0.05) is 24.8 Å². The van der Waals surface area contributed by atoms with Gasteiger partial charge in [0.05, 0.1) is 5.76 Å². The first kappa shape index (κ1) is 13.1. The molecule has 0 amide bonds. The molecule has 0 aromatic heterocycles. The summed E-state index contributed by atoms with van der Waals surface area (Å²) in [6.07, 6.45) is 0.866. The molecule has 2 heteroatoms. The average molecular weight is 252 g/mol. The largest absolute Gasteiger partial charge is 0.463 e. The molecule has 96 valence electrons. The van der Waals surface area contributed by atoms with Gasteiger partial charge in [-0.15, -0.1) is 0 Å². The molecule has 0 spiro atoms. The summed E-state index contributed by atoms with van der Waals surface area (Å²) in [5.41, 5.74) is 3.77. The maximum absolute atomic E-state index is 10.9. The highest BCUT2D eigenvalue weighted by atomic mass is 16.5. The van der Waals surface area contributed by atoms with Crippen LogP contribution >= 0.6 is 0 Å². The van der Waals surface area contributed by atoms with E-state index in [0.717, 1.165) is 28.7 Å². The minimum Gasteiger partial charge on any atom is -0.463 e. The fourth-order valence-corrected chi connectivity index (χ4v) is 1.99. The van der Waals surface area contributed by atoms with Crippen molar-refractivity contribution < 1.29 is 9.53 Å². The normalized spacial score (nSPS) is 10.0. The van der Waals surface area contributed by atoms with Gasteiger partial charge in [0.2, 0.25) is 0 Å². The van der Waals surface area contributed by atoms with Crippen LogP contribution in [0.1, 0.15) is 22.8 Å². The van der Waals surface area contributed by atoms with Gasteiger partial charge in [-0.2, -0.15) is 0 Å². The number of allylic oxidation sites excluding steroid dienone is 1. The lowest BCUT2D eigenvalue weighted by Crippen LogP contribution is -1.90. The number of carbonyl (C=O) groups is 1. The van der Waals surface area contributed by atoms with Crippen LogP contribution in [-0.4, -0.2) is 6.29 Å². The van der Waals surface area contributed by atoms with Crippen LogP contribution in [0.3, 0.4) is 0 Å². The van der Waals surface area contributed by atoms with Crippen LogP contribution in [0.5, 0.6) is 5.75 Å².